The first kappa shape index (κ1) is 9.68. The highest BCUT2D eigenvalue weighted by Crippen LogP contribution is 2.32. The van der Waals surface area contributed by atoms with Gasteiger partial charge < -0.3 is 10.6 Å². The molecule has 1 amide bonds. The van der Waals surface area contributed by atoms with Gasteiger partial charge in [0.05, 0.1) is 6.04 Å². The Kier molecular flexibility index (Phi) is 2.33. The Morgan fingerprint density at radius 2 is 2.36 bits per heavy atom. The summed E-state index contributed by atoms with van der Waals surface area (Å²) in [7, 11) is 1.83. The molecule has 0 spiro atoms. The zero-order valence-electron chi connectivity index (χ0n) is 8.36. The second-order valence-electron chi connectivity index (χ2n) is 3.81. The van der Waals surface area contributed by atoms with Crippen LogP contribution in [-0.2, 0) is 4.79 Å². The summed E-state index contributed by atoms with van der Waals surface area (Å²) >= 11 is 1.70. The van der Waals surface area contributed by atoms with E-state index in [1.165, 1.54) is 10.4 Å². The minimum absolute atomic E-state index is 0.0542. The Morgan fingerprint density at radius 3 is 2.79 bits per heavy atom. The Labute approximate surface area is 87.5 Å². The Hall–Kier alpha value is -0.870. The third-order valence-electron chi connectivity index (χ3n) is 2.72. The summed E-state index contributed by atoms with van der Waals surface area (Å²) in [4.78, 5) is 14.4. The summed E-state index contributed by atoms with van der Waals surface area (Å²) in [5.74, 6) is 0.145. The number of rotatable bonds is 1. The smallest absolute Gasteiger partial charge is 0.224 e. The number of likely N-dealkylation sites (tertiary alicyclic amines) is 1. The molecule has 76 valence electrons. The van der Waals surface area contributed by atoms with E-state index in [0.717, 1.165) is 0 Å². The summed E-state index contributed by atoms with van der Waals surface area (Å²) in [6, 6.07) is 2.14. The zero-order chi connectivity index (χ0) is 10.3. The SMILES string of the molecule is Cc1cc(C2C(N)CC(=O)N2C)cs1. The van der Waals surface area contributed by atoms with Crippen LogP contribution < -0.4 is 5.73 Å². The van der Waals surface area contributed by atoms with E-state index >= 15 is 0 Å². The number of carbonyl (C=O) groups excluding carboxylic acids is 1. The molecule has 1 fully saturated rings. The lowest BCUT2D eigenvalue weighted by Gasteiger charge is -2.21. The average Bonchev–Trinajstić information content (AvgIpc) is 2.60. The molecule has 2 N–H and O–H groups in total. The number of nitrogens with zero attached hydrogens (tertiary/aromatic N) is 1. The molecule has 3 nitrogen and oxygen atoms in total. The largest absolute Gasteiger partial charge is 0.337 e. The van der Waals surface area contributed by atoms with Crippen molar-refractivity contribution in [1.82, 2.24) is 4.90 Å². The first-order valence-electron chi connectivity index (χ1n) is 4.66. The van der Waals surface area contributed by atoms with E-state index in [-0.39, 0.29) is 18.0 Å². The van der Waals surface area contributed by atoms with Crippen molar-refractivity contribution in [2.24, 2.45) is 5.73 Å². The van der Waals surface area contributed by atoms with Crippen LogP contribution >= 0.6 is 11.3 Å². The number of hydrogen-bond acceptors (Lipinski definition) is 3. The lowest BCUT2D eigenvalue weighted by Crippen LogP contribution is -2.29. The number of likely N-dealkylation sites (N-methyl/N-ethyl adjacent to an activating group) is 1. The third-order valence-corrected chi connectivity index (χ3v) is 3.60. The Bertz CT molecular complexity index is 361. The van der Waals surface area contributed by atoms with Gasteiger partial charge in [-0.1, -0.05) is 0 Å². The second-order valence-corrected chi connectivity index (χ2v) is 4.92. The molecule has 0 aliphatic carbocycles. The molecule has 1 aliphatic heterocycles. The van der Waals surface area contributed by atoms with Gasteiger partial charge in [-0.05, 0) is 23.9 Å². The first-order valence-corrected chi connectivity index (χ1v) is 5.54. The van der Waals surface area contributed by atoms with E-state index < -0.39 is 0 Å². The van der Waals surface area contributed by atoms with Crippen molar-refractivity contribution < 1.29 is 4.79 Å². The molecule has 1 aromatic heterocycles. The number of nitrogens with two attached hydrogens (primary N) is 1. The highest BCUT2D eigenvalue weighted by molar-refractivity contribution is 7.10. The van der Waals surface area contributed by atoms with Crippen LogP contribution in [-0.4, -0.2) is 23.9 Å². The molecule has 1 aliphatic rings. The molecule has 0 radical (unpaired) electrons. The molecule has 2 rings (SSSR count). The van der Waals surface area contributed by atoms with E-state index in [2.05, 4.69) is 18.4 Å². The van der Waals surface area contributed by atoms with Crippen molar-refractivity contribution in [2.45, 2.75) is 25.4 Å². The van der Waals surface area contributed by atoms with Gasteiger partial charge in [0, 0.05) is 24.4 Å². The van der Waals surface area contributed by atoms with Crippen molar-refractivity contribution >= 4 is 17.2 Å². The number of carbonyl (C=O) groups is 1. The van der Waals surface area contributed by atoms with Gasteiger partial charge in [-0.25, -0.2) is 0 Å². The zero-order valence-corrected chi connectivity index (χ0v) is 9.17. The summed E-state index contributed by atoms with van der Waals surface area (Å²) in [6.45, 7) is 2.07. The molecule has 1 saturated heterocycles. The normalized spacial score (nSPS) is 27.4. The van der Waals surface area contributed by atoms with Crippen LogP contribution in [0.3, 0.4) is 0 Å². The van der Waals surface area contributed by atoms with Crippen LogP contribution in [0.1, 0.15) is 22.9 Å². The van der Waals surface area contributed by atoms with E-state index in [4.69, 9.17) is 5.73 Å². The van der Waals surface area contributed by atoms with Gasteiger partial charge in [0.25, 0.3) is 0 Å². The molecule has 2 unspecified atom stereocenters. The standard InChI is InChI=1S/C10H14N2OS/c1-6-3-7(5-14-6)10-8(11)4-9(13)12(10)2/h3,5,8,10H,4,11H2,1-2H3. The second kappa shape index (κ2) is 3.37. The molecule has 2 atom stereocenters. The van der Waals surface area contributed by atoms with Gasteiger partial charge in [-0.15, -0.1) is 11.3 Å². The summed E-state index contributed by atoms with van der Waals surface area (Å²) in [6.07, 6.45) is 0.468. The summed E-state index contributed by atoms with van der Waals surface area (Å²) in [5.41, 5.74) is 7.12. The van der Waals surface area contributed by atoms with Gasteiger partial charge in [-0.2, -0.15) is 0 Å². The lowest BCUT2D eigenvalue weighted by molar-refractivity contribution is -0.127. The molecule has 14 heavy (non-hydrogen) atoms. The van der Waals surface area contributed by atoms with Crippen LogP contribution in [0.15, 0.2) is 11.4 Å². The fourth-order valence-electron chi connectivity index (χ4n) is 1.99. The highest BCUT2D eigenvalue weighted by atomic mass is 32.1. The van der Waals surface area contributed by atoms with E-state index in [9.17, 15) is 4.79 Å². The number of thiophene rings is 1. The molecule has 1 aromatic rings. The molecule has 4 heteroatoms. The van der Waals surface area contributed by atoms with Gasteiger partial charge in [0.2, 0.25) is 5.91 Å². The first-order chi connectivity index (χ1) is 6.59. The predicted molar refractivity (Wildman–Crippen MR) is 57.2 cm³/mol. The maximum atomic E-state index is 11.4. The molecule has 2 heterocycles. The molecule has 0 aromatic carbocycles. The predicted octanol–water partition coefficient (Wildman–Crippen LogP) is 1.29. The average molecular weight is 210 g/mol. The number of aryl methyl sites for hydroxylation is 1. The van der Waals surface area contributed by atoms with E-state index in [1.54, 1.807) is 16.2 Å². The van der Waals surface area contributed by atoms with E-state index in [0.29, 0.717) is 6.42 Å². The Balaban J connectivity index is 2.30. The Morgan fingerprint density at radius 1 is 1.64 bits per heavy atom. The van der Waals surface area contributed by atoms with Crippen LogP contribution in [0.2, 0.25) is 0 Å². The van der Waals surface area contributed by atoms with Crippen molar-refractivity contribution in [3.63, 3.8) is 0 Å². The maximum Gasteiger partial charge on any atom is 0.224 e. The van der Waals surface area contributed by atoms with Gasteiger partial charge >= 0.3 is 0 Å². The summed E-state index contributed by atoms with van der Waals surface area (Å²) in [5, 5.41) is 2.09. The molecule has 0 saturated carbocycles. The number of hydrogen-bond donors (Lipinski definition) is 1. The van der Waals surface area contributed by atoms with Gasteiger partial charge in [0.15, 0.2) is 0 Å². The molecule has 0 bridgehead atoms. The fourth-order valence-corrected chi connectivity index (χ4v) is 2.72. The topological polar surface area (TPSA) is 46.3 Å². The maximum absolute atomic E-state index is 11.4. The van der Waals surface area contributed by atoms with Crippen molar-refractivity contribution in [1.29, 1.82) is 0 Å². The van der Waals surface area contributed by atoms with Crippen molar-refractivity contribution in [3.05, 3.63) is 21.9 Å². The van der Waals surface area contributed by atoms with Crippen LogP contribution in [0.5, 0.6) is 0 Å². The quantitative estimate of drug-likeness (QED) is 0.759. The fraction of sp³-hybridized carbons (Fsp3) is 0.500. The van der Waals surface area contributed by atoms with Crippen LogP contribution in [0, 0.1) is 6.92 Å². The monoisotopic (exact) mass is 210 g/mol. The van der Waals surface area contributed by atoms with E-state index in [1.807, 2.05) is 7.05 Å². The van der Waals surface area contributed by atoms with Crippen molar-refractivity contribution in [2.75, 3.05) is 7.05 Å². The summed E-state index contributed by atoms with van der Waals surface area (Å²) < 4.78 is 0. The van der Waals surface area contributed by atoms with Crippen molar-refractivity contribution in [3.8, 4) is 0 Å². The van der Waals surface area contributed by atoms with Crippen LogP contribution in [0.4, 0.5) is 0 Å². The lowest BCUT2D eigenvalue weighted by atomic mass is 10.0. The highest BCUT2D eigenvalue weighted by Gasteiger charge is 2.36. The molecular formula is C10H14N2OS. The minimum Gasteiger partial charge on any atom is -0.337 e. The third kappa shape index (κ3) is 1.44. The van der Waals surface area contributed by atoms with Gasteiger partial charge in [-0.3, -0.25) is 4.79 Å². The number of amides is 1. The molecular weight excluding hydrogens is 196 g/mol. The minimum atomic E-state index is -0.0542. The van der Waals surface area contributed by atoms with Crippen LogP contribution in [0.25, 0.3) is 0 Å². The van der Waals surface area contributed by atoms with Gasteiger partial charge in [0.1, 0.15) is 0 Å².